The third-order valence-electron chi connectivity index (χ3n) is 7.31. The lowest BCUT2D eigenvalue weighted by atomic mass is 9.79. The molecule has 33 heavy (non-hydrogen) atoms. The van der Waals surface area contributed by atoms with Gasteiger partial charge in [0.05, 0.1) is 0 Å². The fourth-order valence-electron chi connectivity index (χ4n) is 5.24. The highest BCUT2D eigenvalue weighted by Gasteiger charge is 2.33. The maximum absolute atomic E-state index is 13.4. The average Bonchev–Trinajstić information content (AvgIpc) is 3.30. The number of hydrogen-bond donors (Lipinski definition) is 2. The Balaban J connectivity index is 0.00000306. The van der Waals surface area contributed by atoms with Crippen molar-refractivity contribution in [2.45, 2.75) is 38.1 Å². The molecule has 4 rings (SSSR count). The van der Waals surface area contributed by atoms with E-state index in [0.29, 0.717) is 12.0 Å². The summed E-state index contributed by atoms with van der Waals surface area (Å²) in [6, 6.07) is 7.14. The van der Waals surface area contributed by atoms with Crippen LogP contribution in [0.1, 0.15) is 42.5 Å². The molecule has 0 aliphatic carbocycles. The molecule has 1 aromatic heterocycles. The van der Waals surface area contributed by atoms with E-state index in [0.717, 1.165) is 54.4 Å². The van der Waals surface area contributed by atoms with Gasteiger partial charge in [-0.3, -0.25) is 9.59 Å². The molecule has 8 heteroatoms. The van der Waals surface area contributed by atoms with Gasteiger partial charge in [-0.15, -0.1) is 12.4 Å². The number of hydrogen-bond acceptors (Lipinski definition) is 4. The van der Waals surface area contributed by atoms with Crippen molar-refractivity contribution < 1.29 is 9.59 Å². The van der Waals surface area contributed by atoms with Crippen molar-refractivity contribution in [1.82, 2.24) is 20.1 Å². The van der Waals surface area contributed by atoms with E-state index in [1.54, 1.807) is 11.8 Å². The monoisotopic (exact) mass is 492 g/mol. The van der Waals surface area contributed by atoms with E-state index in [1.807, 2.05) is 41.6 Å². The van der Waals surface area contributed by atoms with Crippen molar-refractivity contribution in [3.05, 3.63) is 36.0 Å². The number of aromatic nitrogens is 1. The van der Waals surface area contributed by atoms with Crippen molar-refractivity contribution in [3.8, 4) is 0 Å². The third kappa shape index (κ3) is 6.46. The van der Waals surface area contributed by atoms with E-state index < -0.39 is 6.04 Å². The number of carbonyl (C=O) groups is 2. The van der Waals surface area contributed by atoms with Gasteiger partial charge < -0.3 is 20.1 Å². The van der Waals surface area contributed by atoms with Gasteiger partial charge in [0, 0.05) is 30.4 Å². The maximum atomic E-state index is 13.4. The molecule has 2 fully saturated rings. The highest BCUT2D eigenvalue weighted by Crippen LogP contribution is 2.32. The Kier molecular flexibility index (Phi) is 9.53. The Morgan fingerprint density at radius 1 is 1.09 bits per heavy atom. The molecule has 182 valence electrons. The van der Waals surface area contributed by atoms with Crippen LogP contribution in [0.15, 0.2) is 30.5 Å². The Hall–Kier alpha value is -1.70. The molecule has 2 aliphatic heterocycles. The van der Waals surface area contributed by atoms with Crippen LogP contribution in [-0.2, 0) is 4.79 Å². The molecule has 2 aliphatic rings. The lowest BCUT2D eigenvalue weighted by Gasteiger charge is -2.40. The summed E-state index contributed by atoms with van der Waals surface area (Å²) in [5, 5.41) is 4.11. The smallest absolute Gasteiger partial charge is 0.252 e. The normalized spacial score (nSPS) is 19.3. The molecule has 1 aromatic carbocycles. The van der Waals surface area contributed by atoms with Gasteiger partial charge in [0.15, 0.2) is 0 Å². The van der Waals surface area contributed by atoms with Gasteiger partial charge in [-0.2, -0.15) is 11.8 Å². The number of rotatable bonds is 7. The zero-order chi connectivity index (χ0) is 22.5. The number of nitrogens with one attached hydrogen (secondary N) is 2. The van der Waals surface area contributed by atoms with Gasteiger partial charge in [-0.1, -0.05) is 6.07 Å². The second kappa shape index (κ2) is 12.1. The van der Waals surface area contributed by atoms with Crippen LogP contribution in [0.3, 0.4) is 0 Å². The number of amides is 2. The number of thioether (sulfide) groups is 1. The molecule has 2 N–H and O–H groups in total. The largest absolute Gasteiger partial charge is 0.361 e. The van der Waals surface area contributed by atoms with Crippen LogP contribution in [0.5, 0.6) is 0 Å². The fraction of sp³-hybridized carbons (Fsp3) is 0.600. The second-order valence-corrected chi connectivity index (χ2v) is 10.4. The fourth-order valence-corrected chi connectivity index (χ4v) is 5.71. The quantitative estimate of drug-likeness (QED) is 0.612. The second-order valence-electron chi connectivity index (χ2n) is 9.39. The van der Waals surface area contributed by atoms with Crippen LogP contribution in [0.2, 0.25) is 0 Å². The molecular weight excluding hydrogens is 456 g/mol. The van der Waals surface area contributed by atoms with Crippen molar-refractivity contribution in [2.75, 3.05) is 45.2 Å². The molecule has 0 spiro atoms. The number of halogens is 1. The number of likely N-dealkylation sites (tertiary alicyclic amines) is 2. The summed E-state index contributed by atoms with van der Waals surface area (Å²) in [6.45, 7) is 4.02. The van der Waals surface area contributed by atoms with Crippen LogP contribution < -0.4 is 5.32 Å². The maximum Gasteiger partial charge on any atom is 0.252 e. The minimum atomic E-state index is -0.464. The number of fused-ring (bicyclic) bond motifs is 1. The van der Waals surface area contributed by atoms with E-state index in [1.165, 1.54) is 25.9 Å². The Bertz CT molecular complexity index is 920. The summed E-state index contributed by atoms with van der Waals surface area (Å²) in [5.41, 5.74) is 1.52. The van der Waals surface area contributed by atoms with Crippen molar-refractivity contribution in [3.63, 3.8) is 0 Å². The molecule has 0 bridgehead atoms. The highest BCUT2D eigenvalue weighted by atomic mass is 35.5. The summed E-state index contributed by atoms with van der Waals surface area (Å²) >= 11 is 1.71. The Morgan fingerprint density at radius 3 is 2.42 bits per heavy atom. The predicted molar refractivity (Wildman–Crippen MR) is 139 cm³/mol. The van der Waals surface area contributed by atoms with Crippen LogP contribution >= 0.6 is 24.2 Å². The third-order valence-corrected chi connectivity index (χ3v) is 7.96. The van der Waals surface area contributed by atoms with Crippen molar-refractivity contribution in [1.29, 1.82) is 0 Å². The minimum absolute atomic E-state index is 0. The van der Waals surface area contributed by atoms with E-state index in [9.17, 15) is 9.59 Å². The molecule has 3 heterocycles. The number of aromatic amines is 1. The summed E-state index contributed by atoms with van der Waals surface area (Å²) in [5.74, 6) is 2.29. The Labute approximate surface area is 207 Å². The van der Waals surface area contributed by atoms with Gasteiger partial charge in [-0.25, -0.2) is 0 Å². The van der Waals surface area contributed by atoms with Gasteiger partial charge in [0.2, 0.25) is 5.91 Å². The van der Waals surface area contributed by atoms with Crippen molar-refractivity contribution >= 4 is 46.9 Å². The summed E-state index contributed by atoms with van der Waals surface area (Å²) in [4.78, 5) is 33.9. The van der Waals surface area contributed by atoms with E-state index in [-0.39, 0.29) is 24.2 Å². The number of nitrogens with zero attached hydrogens (tertiary/aromatic N) is 2. The van der Waals surface area contributed by atoms with E-state index in [2.05, 4.69) is 22.2 Å². The number of carbonyl (C=O) groups excluding carboxylic acids is 2. The Morgan fingerprint density at radius 2 is 1.76 bits per heavy atom. The number of benzene rings is 1. The van der Waals surface area contributed by atoms with Crippen LogP contribution in [0, 0.1) is 11.8 Å². The first-order chi connectivity index (χ1) is 15.5. The van der Waals surface area contributed by atoms with Gasteiger partial charge >= 0.3 is 0 Å². The summed E-state index contributed by atoms with van der Waals surface area (Å²) < 4.78 is 0. The first kappa shape index (κ1) is 25.9. The molecular formula is C25H37ClN4O2S. The standard InChI is InChI=1S/C25H36N4O2S.ClH/c1-28-12-6-18(7-13-28)19-8-14-29(15-9-19)25(31)22(10-16-32-2)27-24(30)21-4-3-20-5-11-26-23(20)17-21;/h3-5,11,17-19,22,26H,6-10,12-16H2,1-2H3,(H,27,30);1H/t22-;/m1./s1. The summed E-state index contributed by atoms with van der Waals surface area (Å²) in [7, 11) is 2.21. The molecule has 0 unspecified atom stereocenters. The molecule has 2 amide bonds. The van der Waals surface area contributed by atoms with E-state index >= 15 is 0 Å². The topological polar surface area (TPSA) is 68.4 Å². The lowest BCUT2D eigenvalue weighted by Crippen LogP contribution is -2.51. The zero-order valence-electron chi connectivity index (χ0n) is 19.7. The molecule has 2 saturated heterocycles. The van der Waals surface area contributed by atoms with Crippen molar-refractivity contribution in [2.24, 2.45) is 11.8 Å². The molecule has 0 saturated carbocycles. The summed E-state index contributed by atoms with van der Waals surface area (Å²) in [6.07, 6.45) is 9.31. The SMILES string of the molecule is CSCC[C@@H](NC(=O)c1ccc2cc[nH]c2c1)C(=O)N1CCC(C2CCN(C)CC2)CC1.Cl. The van der Waals surface area contributed by atoms with E-state index in [4.69, 9.17) is 0 Å². The first-order valence-corrected chi connectivity index (χ1v) is 13.3. The number of piperidine rings is 2. The van der Waals surface area contributed by atoms with Crippen LogP contribution in [0.4, 0.5) is 0 Å². The molecule has 2 aromatic rings. The minimum Gasteiger partial charge on any atom is -0.361 e. The van der Waals surface area contributed by atoms with Crippen LogP contribution in [0.25, 0.3) is 10.9 Å². The molecule has 1 atom stereocenters. The lowest BCUT2D eigenvalue weighted by molar-refractivity contribution is -0.135. The first-order valence-electron chi connectivity index (χ1n) is 11.9. The molecule has 0 radical (unpaired) electrons. The van der Waals surface area contributed by atoms with Crippen LogP contribution in [-0.4, -0.2) is 77.9 Å². The average molecular weight is 493 g/mol. The number of H-pyrrole nitrogens is 1. The molecule has 6 nitrogen and oxygen atoms in total. The van der Waals surface area contributed by atoms with Gasteiger partial charge in [0.1, 0.15) is 6.04 Å². The van der Waals surface area contributed by atoms with Gasteiger partial charge in [0.25, 0.3) is 5.91 Å². The zero-order valence-corrected chi connectivity index (χ0v) is 21.4. The highest BCUT2D eigenvalue weighted by molar-refractivity contribution is 7.98. The van der Waals surface area contributed by atoms with Gasteiger partial charge in [-0.05, 0) is 99.7 Å². The predicted octanol–water partition coefficient (Wildman–Crippen LogP) is 4.02.